The van der Waals surface area contributed by atoms with Gasteiger partial charge in [0.2, 0.25) is 5.91 Å². The van der Waals surface area contributed by atoms with Crippen molar-refractivity contribution in [2.75, 3.05) is 0 Å². The lowest BCUT2D eigenvalue weighted by Gasteiger charge is -2.23. The maximum absolute atomic E-state index is 12.4. The molecule has 4 atom stereocenters. The molecule has 3 heteroatoms. The van der Waals surface area contributed by atoms with Crippen molar-refractivity contribution in [1.82, 2.24) is 10.2 Å². The number of carbonyl (C=O) groups is 1. The summed E-state index contributed by atoms with van der Waals surface area (Å²) in [5, 5.41) is 3.51. The van der Waals surface area contributed by atoms with Crippen molar-refractivity contribution in [3.63, 3.8) is 0 Å². The van der Waals surface area contributed by atoms with Gasteiger partial charge < -0.3 is 4.90 Å². The van der Waals surface area contributed by atoms with E-state index in [9.17, 15) is 4.79 Å². The van der Waals surface area contributed by atoms with Crippen molar-refractivity contribution in [2.24, 2.45) is 5.92 Å². The molecule has 1 saturated carbocycles. The van der Waals surface area contributed by atoms with E-state index in [2.05, 4.69) is 31.0 Å². The van der Waals surface area contributed by atoms with Gasteiger partial charge in [-0.2, -0.15) is 0 Å². The first-order valence-electron chi connectivity index (χ1n) is 6.67. The van der Waals surface area contributed by atoms with Crippen molar-refractivity contribution in [2.45, 2.75) is 71.1 Å². The molecule has 2 fully saturated rings. The molecule has 1 saturated heterocycles. The number of nitrogens with one attached hydrogen (secondary N) is 1. The highest BCUT2D eigenvalue weighted by molar-refractivity contribution is 5.89. The smallest absolute Gasteiger partial charge is 0.244 e. The summed E-state index contributed by atoms with van der Waals surface area (Å²) in [7, 11) is 0. The molecule has 0 aromatic carbocycles. The third-order valence-electron chi connectivity index (χ3n) is 4.39. The normalized spacial score (nSPS) is 42.9. The molecule has 0 bridgehead atoms. The average Bonchev–Trinajstić information content (AvgIpc) is 3.02. The van der Waals surface area contributed by atoms with E-state index in [1.54, 1.807) is 0 Å². The zero-order valence-electron chi connectivity index (χ0n) is 10.9. The predicted molar refractivity (Wildman–Crippen MR) is 64.9 cm³/mol. The highest BCUT2D eigenvalue weighted by Gasteiger charge is 2.54. The molecule has 16 heavy (non-hydrogen) atoms. The van der Waals surface area contributed by atoms with Crippen LogP contribution in [0.25, 0.3) is 0 Å². The SMILES string of the molecule is CCC1CC1N1C(=O)C(C)(CC)NC1CC. The fourth-order valence-electron chi connectivity index (χ4n) is 2.87. The van der Waals surface area contributed by atoms with Gasteiger partial charge in [-0.05, 0) is 32.1 Å². The standard InChI is InChI=1S/C13H24N2O/c1-5-9-8-10(9)15-11(6-2)14-13(4,7-3)12(15)16/h9-11,14H,5-8H2,1-4H3. The van der Waals surface area contributed by atoms with Gasteiger partial charge in [0.1, 0.15) is 0 Å². The fourth-order valence-corrected chi connectivity index (χ4v) is 2.87. The molecule has 1 N–H and O–H groups in total. The van der Waals surface area contributed by atoms with E-state index in [0.29, 0.717) is 11.9 Å². The zero-order valence-corrected chi connectivity index (χ0v) is 10.9. The molecular formula is C13H24N2O. The summed E-state index contributed by atoms with van der Waals surface area (Å²) in [5.41, 5.74) is -0.318. The van der Waals surface area contributed by atoms with Crippen LogP contribution in [0.5, 0.6) is 0 Å². The highest BCUT2D eigenvalue weighted by Crippen LogP contribution is 2.42. The van der Waals surface area contributed by atoms with E-state index in [4.69, 9.17) is 0 Å². The topological polar surface area (TPSA) is 32.3 Å². The lowest BCUT2D eigenvalue weighted by atomic mass is 9.99. The second-order valence-corrected chi connectivity index (χ2v) is 5.44. The first kappa shape index (κ1) is 11.9. The van der Waals surface area contributed by atoms with E-state index < -0.39 is 0 Å². The molecule has 92 valence electrons. The molecule has 0 aromatic rings. The van der Waals surface area contributed by atoms with Crippen LogP contribution in [0.2, 0.25) is 0 Å². The van der Waals surface area contributed by atoms with Crippen LogP contribution in [0.3, 0.4) is 0 Å². The van der Waals surface area contributed by atoms with Crippen molar-refractivity contribution in [3.8, 4) is 0 Å². The minimum Gasteiger partial charge on any atom is -0.322 e. The summed E-state index contributed by atoms with van der Waals surface area (Å²) < 4.78 is 0. The Hall–Kier alpha value is -0.570. The molecule has 0 aromatic heterocycles. The molecule has 2 aliphatic rings. The number of hydrogen-bond acceptors (Lipinski definition) is 2. The summed E-state index contributed by atoms with van der Waals surface area (Å²) >= 11 is 0. The summed E-state index contributed by atoms with van der Waals surface area (Å²) in [5.74, 6) is 1.07. The van der Waals surface area contributed by atoms with E-state index in [-0.39, 0.29) is 11.7 Å². The molecule has 1 amide bonds. The first-order chi connectivity index (χ1) is 7.57. The van der Waals surface area contributed by atoms with Gasteiger partial charge in [-0.1, -0.05) is 27.2 Å². The molecule has 1 aliphatic carbocycles. The van der Waals surface area contributed by atoms with Crippen molar-refractivity contribution in [1.29, 1.82) is 0 Å². The maximum Gasteiger partial charge on any atom is 0.244 e. The second-order valence-electron chi connectivity index (χ2n) is 5.44. The molecule has 3 nitrogen and oxygen atoms in total. The van der Waals surface area contributed by atoms with Gasteiger partial charge in [0.05, 0.1) is 11.7 Å². The molecule has 1 aliphatic heterocycles. The summed E-state index contributed by atoms with van der Waals surface area (Å²) in [4.78, 5) is 14.6. The van der Waals surface area contributed by atoms with E-state index in [1.807, 2.05) is 6.92 Å². The Kier molecular flexibility index (Phi) is 2.99. The number of nitrogens with zero attached hydrogens (tertiary/aromatic N) is 1. The second kappa shape index (κ2) is 4.02. The first-order valence-corrected chi connectivity index (χ1v) is 6.67. The number of hydrogen-bond donors (Lipinski definition) is 1. The summed E-state index contributed by atoms with van der Waals surface area (Å²) in [6.07, 6.45) is 4.56. The Morgan fingerprint density at radius 3 is 2.50 bits per heavy atom. The van der Waals surface area contributed by atoms with E-state index in [1.165, 1.54) is 12.8 Å². The Morgan fingerprint density at radius 1 is 1.38 bits per heavy atom. The maximum atomic E-state index is 12.4. The third kappa shape index (κ3) is 1.65. The molecule has 1 heterocycles. The van der Waals surface area contributed by atoms with Crippen LogP contribution in [-0.4, -0.2) is 28.6 Å². The number of carbonyl (C=O) groups excluding carboxylic acids is 1. The minimum atomic E-state index is -0.318. The Labute approximate surface area is 98.6 Å². The van der Waals surface area contributed by atoms with Crippen LogP contribution in [0, 0.1) is 5.92 Å². The van der Waals surface area contributed by atoms with Crippen LogP contribution in [0.15, 0.2) is 0 Å². The van der Waals surface area contributed by atoms with Crippen molar-refractivity contribution in [3.05, 3.63) is 0 Å². The van der Waals surface area contributed by atoms with Crippen LogP contribution in [-0.2, 0) is 4.79 Å². The fraction of sp³-hybridized carbons (Fsp3) is 0.923. The minimum absolute atomic E-state index is 0.263. The van der Waals surface area contributed by atoms with Gasteiger partial charge in [-0.3, -0.25) is 10.1 Å². The van der Waals surface area contributed by atoms with Gasteiger partial charge in [0, 0.05) is 6.04 Å². The monoisotopic (exact) mass is 224 g/mol. The predicted octanol–water partition coefficient (Wildman–Crippen LogP) is 2.12. The highest BCUT2D eigenvalue weighted by atomic mass is 16.2. The third-order valence-corrected chi connectivity index (χ3v) is 4.39. The van der Waals surface area contributed by atoms with Crippen LogP contribution in [0.4, 0.5) is 0 Å². The van der Waals surface area contributed by atoms with Crippen LogP contribution in [0.1, 0.15) is 53.4 Å². The van der Waals surface area contributed by atoms with Crippen LogP contribution < -0.4 is 5.32 Å². The Balaban J connectivity index is 2.14. The lowest BCUT2D eigenvalue weighted by Crippen LogP contribution is -2.43. The number of amides is 1. The lowest BCUT2D eigenvalue weighted by molar-refractivity contribution is -0.133. The molecule has 4 unspecified atom stereocenters. The largest absolute Gasteiger partial charge is 0.322 e. The summed E-state index contributed by atoms with van der Waals surface area (Å²) in [6.45, 7) is 8.51. The average molecular weight is 224 g/mol. The molecule has 2 rings (SSSR count). The van der Waals surface area contributed by atoms with E-state index in [0.717, 1.165) is 18.8 Å². The van der Waals surface area contributed by atoms with Gasteiger partial charge in [-0.15, -0.1) is 0 Å². The number of rotatable bonds is 4. The van der Waals surface area contributed by atoms with Crippen molar-refractivity contribution < 1.29 is 4.79 Å². The molecule has 0 radical (unpaired) electrons. The van der Waals surface area contributed by atoms with E-state index >= 15 is 0 Å². The Bertz CT molecular complexity index is 292. The van der Waals surface area contributed by atoms with Gasteiger partial charge in [-0.25, -0.2) is 0 Å². The zero-order chi connectivity index (χ0) is 11.9. The quantitative estimate of drug-likeness (QED) is 0.793. The Morgan fingerprint density at radius 2 is 2.06 bits per heavy atom. The van der Waals surface area contributed by atoms with Gasteiger partial charge in [0.25, 0.3) is 0 Å². The van der Waals surface area contributed by atoms with Gasteiger partial charge in [0.15, 0.2) is 0 Å². The summed E-state index contributed by atoms with van der Waals surface area (Å²) in [6, 6.07) is 0.517. The van der Waals surface area contributed by atoms with Crippen LogP contribution >= 0.6 is 0 Å². The van der Waals surface area contributed by atoms with Crippen molar-refractivity contribution >= 4 is 5.91 Å². The van der Waals surface area contributed by atoms with Gasteiger partial charge >= 0.3 is 0 Å². The molecular weight excluding hydrogens is 200 g/mol. The molecule has 0 spiro atoms.